The third-order valence-corrected chi connectivity index (χ3v) is 5.87. The maximum Gasteiger partial charge on any atom is 0.256 e. The molecule has 0 aliphatic heterocycles. The molecule has 1 saturated carbocycles. The van der Waals surface area contributed by atoms with Crippen LogP contribution in [0.3, 0.4) is 0 Å². The van der Waals surface area contributed by atoms with E-state index in [0.717, 1.165) is 23.4 Å². The molecule has 0 saturated heterocycles. The van der Waals surface area contributed by atoms with Crippen LogP contribution in [0, 0.1) is 0 Å². The lowest BCUT2D eigenvalue weighted by atomic mass is 9.74. The maximum atomic E-state index is 10.5. The Balaban J connectivity index is 1.47. The summed E-state index contributed by atoms with van der Waals surface area (Å²) in [6, 6.07) is 10.2. The highest BCUT2D eigenvalue weighted by Gasteiger charge is 2.45. The topological polar surface area (TPSA) is 63.3 Å². The van der Waals surface area contributed by atoms with Crippen LogP contribution in [0.4, 0.5) is 0 Å². The largest absolute Gasteiger partial charge is 0.493 e. The van der Waals surface area contributed by atoms with Gasteiger partial charge in [-0.1, -0.05) is 48.5 Å². The molecule has 1 aromatic carbocycles. The van der Waals surface area contributed by atoms with Gasteiger partial charge in [-0.05, 0) is 24.3 Å². The predicted molar refractivity (Wildman–Crippen MR) is 87.8 cm³/mol. The van der Waals surface area contributed by atoms with E-state index in [1.807, 2.05) is 18.2 Å². The number of nitrogens with zero attached hydrogens (tertiary/aromatic N) is 4. The van der Waals surface area contributed by atoms with E-state index in [2.05, 4.69) is 27.2 Å². The van der Waals surface area contributed by atoms with Crippen LogP contribution in [-0.4, -0.2) is 24.7 Å². The van der Waals surface area contributed by atoms with Crippen LogP contribution in [0.2, 0.25) is 0 Å². The summed E-state index contributed by atoms with van der Waals surface area (Å²) in [5.74, 6) is 2.57. The molecule has 1 fully saturated rings. The second-order valence-electron chi connectivity index (χ2n) is 6.26. The molecule has 2 atom stereocenters. The minimum Gasteiger partial charge on any atom is -0.493 e. The molecule has 2 unspecified atom stereocenters. The molecule has 116 valence electrons. The van der Waals surface area contributed by atoms with Crippen molar-refractivity contribution in [2.45, 2.75) is 42.0 Å². The summed E-state index contributed by atoms with van der Waals surface area (Å²) in [6.07, 6.45) is 3.56. The third-order valence-electron chi connectivity index (χ3n) is 4.96. The van der Waals surface area contributed by atoms with Gasteiger partial charge in [0.25, 0.3) is 5.78 Å². The van der Waals surface area contributed by atoms with E-state index in [1.165, 1.54) is 22.9 Å². The first-order valence-corrected chi connectivity index (χ1v) is 8.96. The molecule has 5 rings (SSSR count). The number of fused-ring (bicyclic) bond motifs is 5. The van der Waals surface area contributed by atoms with Gasteiger partial charge in [0.1, 0.15) is 0 Å². The Morgan fingerprint density at radius 1 is 1.13 bits per heavy atom. The number of benzene rings is 1. The Bertz CT molecular complexity index is 892. The van der Waals surface area contributed by atoms with Crippen LogP contribution in [0.15, 0.2) is 35.5 Å². The first kappa shape index (κ1) is 13.4. The van der Waals surface area contributed by atoms with Gasteiger partial charge >= 0.3 is 0 Å². The second kappa shape index (κ2) is 4.96. The fraction of sp³-hybridized carbons (Fsp3) is 0.353. The highest BCUT2D eigenvalue weighted by atomic mass is 32.2. The molecule has 0 radical (unpaired) electrons. The van der Waals surface area contributed by atoms with Crippen molar-refractivity contribution < 1.29 is 5.11 Å². The number of aromatic hydroxyl groups is 1. The van der Waals surface area contributed by atoms with Crippen molar-refractivity contribution in [1.82, 2.24) is 19.6 Å². The summed E-state index contributed by atoms with van der Waals surface area (Å²) in [7, 11) is 0. The zero-order valence-corrected chi connectivity index (χ0v) is 13.3. The normalized spacial score (nSPS) is 21.9. The van der Waals surface area contributed by atoms with E-state index < -0.39 is 0 Å². The predicted octanol–water partition coefficient (Wildman–Crippen LogP) is 3.49. The molecule has 2 aliphatic rings. The molecule has 3 aromatic rings. The molecule has 0 spiro atoms. The number of rotatable bonds is 3. The zero-order chi connectivity index (χ0) is 15.4. The standard InChI is InChI=1S/C17H16N4OS/c22-15-13-11-7-4-8-12(11)14(13)18-16-19-17(20-21(15)16)23-9-10-5-2-1-3-6-10/h1-3,5-6,11-12,22H,4,7-9H2. The highest BCUT2D eigenvalue weighted by Crippen LogP contribution is 2.58. The van der Waals surface area contributed by atoms with Gasteiger partial charge in [-0.15, -0.1) is 5.10 Å². The van der Waals surface area contributed by atoms with Crippen LogP contribution in [0.1, 0.15) is 47.9 Å². The molecule has 2 aliphatic carbocycles. The molecule has 0 amide bonds. The van der Waals surface area contributed by atoms with Crippen molar-refractivity contribution in [3.05, 3.63) is 47.2 Å². The fourth-order valence-electron chi connectivity index (χ4n) is 3.85. The lowest BCUT2D eigenvalue weighted by Gasteiger charge is -2.33. The lowest BCUT2D eigenvalue weighted by molar-refractivity contribution is 0.392. The summed E-state index contributed by atoms with van der Waals surface area (Å²) in [5, 5.41) is 15.6. The number of aromatic nitrogens is 4. The Labute approximate surface area is 137 Å². The Morgan fingerprint density at radius 2 is 1.96 bits per heavy atom. The van der Waals surface area contributed by atoms with Crippen LogP contribution in [0.25, 0.3) is 5.78 Å². The molecule has 2 aromatic heterocycles. The van der Waals surface area contributed by atoms with Gasteiger partial charge in [-0.3, -0.25) is 0 Å². The van der Waals surface area contributed by atoms with Crippen molar-refractivity contribution in [3.63, 3.8) is 0 Å². The van der Waals surface area contributed by atoms with E-state index in [9.17, 15) is 5.11 Å². The Hall–Kier alpha value is -2.08. The molecule has 23 heavy (non-hydrogen) atoms. The van der Waals surface area contributed by atoms with Crippen LogP contribution < -0.4 is 0 Å². The number of thioether (sulfide) groups is 1. The SMILES string of the molecule is Oc1c2c(nc3nc(SCc4ccccc4)nn13)C1CCCC21. The lowest BCUT2D eigenvalue weighted by Crippen LogP contribution is -2.23. The molecule has 0 bridgehead atoms. The first-order chi connectivity index (χ1) is 11.3. The average Bonchev–Trinajstić information content (AvgIpc) is 3.16. The Morgan fingerprint density at radius 3 is 2.83 bits per heavy atom. The summed E-state index contributed by atoms with van der Waals surface area (Å²) in [4.78, 5) is 9.14. The molecule has 2 heterocycles. The molecular formula is C17H16N4OS. The van der Waals surface area contributed by atoms with Crippen molar-refractivity contribution in [2.75, 3.05) is 0 Å². The maximum absolute atomic E-state index is 10.5. The van der Waals surface area contributed by atoms with Crippen LogP contribution in [-0.2, 0) is 5.75 Å². The van der Waals surface area contributed by atoms with Crippen molar-refractivity contribution in [3.8, 4) is 5.88 Å². The summed E-state index contributed by atoms with van der Waals surface area (Å²) >= 11 is 1.57. The number of hydrogen-bond donors (Lipinski definition) is 1. The average molecular weight is 324 g/mol. The summed E-state index contributed by atoms with van der Waals surface area (Å²) in [5.41, 5.74) is 3.28. The van der Waals surface area contributed by atoms with E-state index in [0.29, 0.717) is 22.8 Å². The van der Waals surface area contributed by atoms with Crippen molar-refractivity contribution in [1.29, 1.82) is 0 Å². The van der Waals surface area contributed by atoms with Crippen LogP contribution in [0.5, 0.6) is 5.88 Å². The smallest absolute Gasteiger partial charge is 0.256 e. The first-order valence-electron chi connectivity index (χ1n) is 7.97. The van der Waals surface area contributed by atoms with E-state index in [1.54, 1.807) is 11.8 Å². The molecule has 5 nitrogen and oxygen atoms in total. The number of hydrogen-bond acceptors (Lipinski definition) is 5. The highest BCUT2D eigenvalue weighted by molar-refractivity contribution is 7.98. The van der Waals surface area contributed by atoms with Gasteiger partial charge in [0.15, 0.2) is 0 Å². The van der Waals surface area contributed by atoms with E-state index >= 15 is 0 Å². The van der Waals surface area contributed by atoms with Gasteiger partial charge in [0, 0.05) is 17.2 Å². The van der Waals surface area contributed by atoms with Gasteiger partial charge in [0.05, 0.1) is 5.69 Å². The molecule has 6 heteroatoms. The van der Waals surface area contributed by atoms with E-state index in [-0.39, 0.29) is 5.88 Å². The van der Waals surface area contributed by atoms with Crippen molar-refractivity contribution in [2.24, 2.45) is 0 Å². The third kappa shape index (κ3) is 1.97. The fourth-order valence-corrected chi connectivity index (χ4v) is 4.63. The minimum absolute atomic E-state index is 0.243. The van der Waals surface area contributed by atoms with Gasteiger partial charge in [-0.2, -0.15) is 9.50 Å². The molecule has 1 N–H and O–H groups in total. The zero-order valence-electron chi connectivity index (χ0n) is 12.5. The second-order valence-corrected chi connectivity index (χ2v) is 7.20. The summed E-state index contributed by atoms with van der Waals surface area (Å²) in [6.45, 7) is 0. The van der Waals surface area contributed by atoms with E-state index in [4.69, 9.17) is 0 Å². The van der Waals surface area contributed by atoms with Gasteiger partial charge in [-0.25, -0.2) is 4.98 Å². The van der Waals surface area contributed by atoms with Gasteiger partial charge in [0.2, 0.25) is 11.0 Å². The monoisotopic (exact) mass is 324 g/mol. The summed E-state index contributed by atoms with van der Waals surface area (Å²) < 4.78 is 1.50. The van der Waals surface area contributed by atoms with Gasteiger partial charge < -0.3 is 5.11 Å². The molecular weight excluding hydrogens is 308 g/mol. The minimum atomic E-state index is 0.243. The van der Waals surface area contributed by atoms with Crippen molar-refractivity contribution >= 4 is 17.5 Å². The van der Waals surface area contributed by atoms with Crippen LogP contribution >= 0.6 is 11.8 Å². The quantitative estimate of drug-likeness (QED) is 0.747. The Kier molecular flexibility index (Phi) is 2.88.